The van der Waals surface area contributed by atoms with Crippen LogP contribution in [-0.2, 0) is 0 Å². The Morgan fingerprint density at radius 3 is 2.94 bits per heavy atom. The van der Waals surface area contributed by atoms with Gasteiger partial charge >= 0.3 is 5.69 Å². The number of aromatic nitrogens is 4. The highest BCUT2D eigenvalue weighted by atomic mass is 16.6. The topological polar surface area (TPSA) is 98.8 Å². The molecule has 0 unspecified atom stereocenters. The highest BCUT2D eigenvalue weighted by Crippen LogP contribution is 2.26. The summed E-state index contributed by atoms with van der Waals surface area (Å²) >= 11 is 0. The van der Waals surface area contributed by atoms with E-state index >= 15 is 0 Å². The minimum atomic E-state index is -0.505. The summed E-state index contributed by atoms with van der Waals surface area (Å²) in [6.45, 7) is 2.57. The van der Waals surface area contributed by atoms with Gasteiger partial charge in [-0.15, -0.1) is 0 Å². The maximum absolute atomic E-state index is 11.1. The molecule has 0 aliphatic carbocycles. The van der Waals surface area contributed by atoms with Gasteiger partial charge in [-0.1, -0.05) is 6.92 Å². The first kappa shape index (κ1) is 12.0. The van der Waals surface area contributed by atoms with E-state index in [2.05, 4.69) is 20.4 Å². The molecule has 2 heterocycles. The third kappa shape index (κ3) is 2.26. The van der Waals surface area contributed by atoms with Gasteiger partial charge in [0.05, 0.1) is 4.92 Å². The number of nitro groups is 1. The molecule has 0 bridgehead atoms. The van der Waals surface area contributed by atoms with Crippen molar-refractivity contribution in [1.82, 2.24) is 19.7 Å². The second-order valence-corrected chi connectivity index (χ2v) is 3.53. The number of nitrogens with one attached hydrogen (secondary N) is 1. The lowest BCUT2D eigenvalue weighted by Gasteiger charge is -2.07. The molecular weight excluding hydrogens is 236 g/mol. The van der Waals surface area contributed by atoms with E-state index in [9.17, 15) is 10.1 Å². The average Bonchev–Trinajstić information content (AvgIpc) is 2.89. The van der Waals surface area contributed by atoms with Crippen LogP contribution in [0, 0.1) is 10.1 Å². The molecule has 2 aromatic rings. The van der Waals surface area contributed by atoms with Gasteiger partial charge in [0.1, 0.15) is 6.33 Å². The predicted molar refractivity (Wildman–Crippen MR) is 64.6 cm³/mol. The monoisotopic (exact) mass is 248 g/mol. The molecule has 94 valence electrons. The van der Waals surface area contributed by atoms with Gasteiger partial charge in [0.2, 0.25) is 11.6 Å². The van der Waals surface area contributed by atoms with Crippen LogP contribution in [0.2, 0.25) is 0 Å². The van der Waals surface area contributed by atoms with Crippen molar-refractivity contribution in [1.29, 1.82) is 0 Å². The van der Waals surface area contributed by atoms with E-state index in [4.69, 9.17) is 0 Å². The zero-order valence-corrected chi connectivity index (χ0v) is 9.78. The van der Waals surface area contributed by atoms with Crippen LogP contribution in [0.15, 0.2) is 24.8 Å². The molecule has 0 saturated heterocycles. The molecule has 8 heteroatoms. The molecule has 0 saturated carbocycles. The fraction of sp³-hybridized carbons (Fsp3) is 0.300. The van der Waals surface area contributed by atoms with Gasteiger partial charge in [-0.05, 0) is 12.5 Å². The Balaban J connectivity index is 2.49. The largest absolute Gasteiger partial charge is 0.364 e. The lowest BCUT2D eigenvalue weighted by atomic mass is 10.4. The maximum atomic E-state index is 11.1. The summed E-state index contributed by atoms with van der Waals surface area (Å²) in [4.78, 5) is 18.5. The van der Waals surface area contributed by atoms with Gasteiger partial charge in [0, 0.05) is 18.9 Å². The molecule has 0 amide bonds. The summed E-state index contributed by atoms with van der Waals surface area (Å²) in [6.07, 6.45) is 5.25. The van der Waals surface area contributed by atoms with E-state index in [-0.39, 0.29) is 17.3 Å². The molecule has 0 aromatic carbocycles. The Morgan fingerprint density at radius 1 is 1.50 bits per heavy atom. The minimum Gasteiger partial charge on any atom is -0.364 e. The van der Waals surface area contributed by atoms with Crippen molar-refractivity contribution in [2.24, 2.45) is 0 Å². The Hall–Kier alpha value is -2.51. The van der Waals surface area contributed by atoms with Gasteiger partial charge in [-0.2, -0.15) is 5.10 Å². The number of hydrogen-bond acceptors (Lipinski definition) is 6. The number of anilines is 1. The minimum absolute atomic E-state index is 0.151. The quantitative estimate of drug-likeness (QED) is 0.634. The van der Waals surface area contributed by atoms with Crippen molar-refractivity contribution >= 4 is 11.5 Å². The second-order valence-electron chi connectivity index (χ2n) is 3.53. The smallest absolute Gasteiger partial charge is 0.355 e. The van der Waals surface area contributed by atoms with E-state index in [1.807, 2.05) is 6.92 Å². The third-order valence-electron chi connectivity index (χ3n) is 2.25. The first-order valence-corrected chi connectivity index (χ1v) is 5.47. The first-order chi connectivity index (χ1) is 8.74. The van der Waals surface area contributed by atoms with E-state index in [1.54, 1.807) is 12.3 Å². The van der Waals surface area contributed by atoms with Crippen molar-refractivity contribution in [3.05, 3.63) is 34.9 Å². The predicted octanol–water partition coefficient (Wildman–Crippen LogP) is 1.39. The molecule has 2 rings (SSSR count). The zero-order chi connectivity index (χ0) is 13.0. The second kappa shape index (κ2) is 5.21. The molecule has 0 radical (unpaired) electrons. The van der Waals surface area contributed by atoms with Crippen LogP contribution in [0.1, 0.15) is 13.3 Å². The van der Waals surface area contributed by atoms with Crippen molar-refractivity contribution in [3.8, 4) is 5.82 Å². The number of nitrogens with zero attached hydrogens (tertiary/aromatic N) is 5. The van der Waals surface area contributed by atoms with Crippen LogP contribution in [-0.4, -0.2) is 31.2 Å². The van der Waals surface area contributed by atoms with Gasteiger partial charge in [-0.25, -0.2) is 14.6 Å². The summed E-state index contributed by atoms with van der Waals surface area (Å²) in [5, 5.41) is 18.0. The molecule has 0 aliphatic heterocycles. The highest BCUT2D eigenvalue weighted by Gasteiger charge is 2.24. The van der Waals surface area contributed by atoms with E-state index in [1.165, 1.54) is 17.2 Å². The van der Waals surface area contributed by atoms with Crippen LogP contribution < -0.4 is 5.32 Å². The van der Waals surface area contributed by atoms with Gasteiger partial charge < -0.3 is 5.32 Å². The number of hydrogen-bond donors (Lipinski definition) is 1. The van der Waals surface area contributed by atoms with Gasteiger partial charge in [0.25, 0.3) is 0 Å². The SMILES string of the molecule is CCCNc1ncnc(-n2cccn2)c1[N+](=O)[O-]. The highest BCUT2D eigenvalue weighted by molar-refractivity contribution is 5.63. The van der Waals surface area contributed by atoms with Crippen molar-refractivity contribution in [2.75, 3.05) is 11.9 Å². The average molecular weight is 248 g/mol. The Morgan fingerprint density at radius 2 is 2.33 bits per heavy atom. The Labute approximate surface area is 103 Å². The van der Waals surface area contributed by atoms with Crippen LogP contribution in [0.3, 0.4) is 0 Å². The molecule has 0 spiro atoms. The molecule has 8 nitrogen and oxygen atoms in total. The summed E-state index contributed by atoms with van der Waals surface area (Å²) in [7, 11) is 0. The first-order valence-electron chi connectivity index (χ1n) is 5.47. The van der Waals surface area contributed by atoms with E-state index < -0.39 is 4.92 Å². The fourth-order valence-electron chi connectivity index (χ4n) is 1.47. The normalized spacial score (nSPS) is 10.3. The van der Waals surface area contributed by atoms with E-state index in [0.29, 0.717) is 6.54 Å². The standard InChI is InChI=1S/C10H12N6O2/c1-2-4-11-9-8(16(17)18)10(13-7-12-9)15-6-3-5-14-15/h3,5-7H,2,4H2,1H3,(H,11,12,13). The lowest BCUT2D eigenvalue weighted by molar-refractivity contribution is -0.384. The Kier molecular flexibility index (Phi) is 3.46. The summed E-state index contributed by atoms with van der Waals surface area (Å²) < 4.78 is 1.34. The molecule has 2 aromatic heterocycles. The molecule has 0 atom stereocenters. The third-order valence-corrected chi connectivity index (χ3v) is 2.25. The zero-order valence-electron chi connectivity index (χ0n) is 9.78. The van der Waals surface area contributed by atoms with Crippen LogP contribution in [0.5, 0.6) is 0 Å². The molecule has 0 fully saturated rings. The summed E-state index contributed by atoms with van der Waals surface area (Å²) in [6, 6.07) is 1.67. The van der Waals surface area contributed by atoms with E-state index in [0.717, 1.165) is 6.42 Å². The molecule has 0 aliphatic rings. The van der Waals surface area contributed by atoms with Crippen molar-refractivity contribution in [2.45, 2.75) is 13.3 Å². The molecule has 18 heavy (non-hydrogen) atoms. The summed E-state index contributed by atoms with van der Waals surface area (Å²) in [5.41, 5.74) is -0.172. The lowest BCUT2D eigenvalue weighted by Crippen LogP contribution is -2.10. The maximum Gasteiger partial charge on any atom is 0.355 e. The molecule has 1 N–H and O–H groups in total. The van der Waals surface area contributed by atoms with Crippen molar-refractivity contribution < 1.29 is 4.92 Å². The van der Waals surface area contributed by atoms with Crippen LogP contribution >= 0.6 is 0 Å². The van der Waals surface area contributed by atoms with Crippen molar-refractivity contribution in [3.63, 3.8) is 0 Å². The van der Waals surface area contributed by atoms with Gasteiger partial charge in [0.15, 0.2) is 0 Å². The van der Waals surface area contributed by atoms with Crippen LogP contribution in [0.4, 0.5) is 11.5 Å². The number of rotatable bonds is 5. The fourth-order valence-corrected chi connectivity index (χ4v) is 1.47. The van der Waals surface area contributed by atoms with Crippen LogP contribution in [0.25, 0.3) is 5.82 Å². The summed E-state index contributed by atoms with van der Waals surface area (Å²) in [5.74, 6) is 0.362. The molecular formula is C10H12N6O2. The van der Waals surface area contributed by atoms with Gasteiger partial charge in [-0.3, -0.25) is 10.1 Å². The Bertz CT molecular complexity index is 539.